The van der Waals surface area contributed by atoms with Crippen LogP contribution in [-0.2, 0) is 29.2 Å². The zero-order valence-corrected chi connectivity index (χ0v) is 19.0. The number of nitrogens with one attached hydrogen (secondary N) is 1. The van der Waals surface area contributed by atoms with Crippen LogP contribution >= 0.6 is 0 Å². The Morgan fingerprint density at radius 1 is 1.00 bits per heavy atom. The van der Waals surface area contributed by atoms with E-state index in [0.29, 0.717) is 34.1 Å². The molecule has 0 radical (unpaired) electrons. The Labute approximate surface area is 200 Å². The lowest BCUT2D eigenvalue weighted by Gasteiger charge is -2.29. The van der Waals surface area contributed by atoms with Crippen molar-refractivity contribution < 1.29 is 22.8 Å². The molecule has 0 aliphatic heterocycles. The number of rotatable bonds is 9. The van der Waals surface area contributed by atoms with Crippen molar-refractivity contribution >= 4 is 22.8 Å². The van der Waals surface area contributed by atoms with E-state index >= 15 is 0 Å². The highest BCUT2D eigenvalue weighted by Gasteiger charge is 2.35. The molecule has 10 nitrogen and oxygen atoms in total. The summed E-state index contributed by atoms with van der Waals surface area (Å²) in [6.07, 6.45) is 3.05. The molecule has 35 heavy (non-hydrogen) atoms. The molecule has 0 aliphatic carbocycles. The molecule has 2 amide bonds. The summed E-state index contributed by atoms with van der Waals surface area (Å²) >= 11 is 0. The molecular formula is C25H23N5O5. The third kappa shape index (κ3) is 4.86. The fourth-order valence-corrected chi connectivity index (χ4v) is 3.86. The quantitative estimate of drug-likeness (QED) is 0.347. The summed E-state index contributed by atoms with van der Waals surface area (Å²) in [5.74, 6) is 1.29. The Morgan fingerprint density at radius 3 is 2.49 bits per heavy atom. The number of para-hydroxylation sites is 1. The van der Waals surface area contributed by atoms with Crippen LogP contribution in [0, 0.1) is 6.92 Å². The summed E-state index contributed by atoms with van der Waals surface area (Å²) in [6, 6.07) is 16.7. The molecule has 4 heterocycles. The molecule has 0 saturated carbocycles. The van der Waals surface area contributed by atoms with Gasteiger partial charge in [0.25, 0.3) is 5.91 Å². The van der Waals surface area contributed by atoms with Crippen LogP contribution in [0.5, 0.6) is 0 Å². The number of hydrogen-bond acceptors (Lipinski definition) is 7. The summed E-state index contributed by atoms with van der Waals surface area (Å²) in [6.45, 7) is 1.87. The number of carbonyl (C=O) groups is 2. The van der Waals surface area contributed by atoms with Crippen LogP contribution in [0.15, 0.2) is 86.4 Å². The van der Waals surface area contributed by atoms with Gasteiger partial charge >= 0.3 is 0 Å². The number of hydrogen-bond donors (Lipinski definition) is 1. The summed E-state index contributed by atoms with van der Waals surface area (Å²) < 4.78 is 18.2. The van der Waals surface area contributed by atoms with Gasteiger partial charge in [0.05, 0.1) is 31.1 Å². The highest BCUT2D eigenvalue weighted by Crippen LogP contribution is 2.27. The van der Waals surface area contributed by atoms with E-state index in [0.717, 1.165) is 0 Å². The zero-order chi connectivity index (χ0) is 24.2. The van der Waals surface area contributed by atoms with Crippen molar-refractivity contribution in [3.63, 3.8) is 0 Å². The van der Waals surface area contributed by atoms with Crippen molar-refractivity contribution in [3.05, 3.63) is 96.2 Å². The first-order valence-electron chi connectivity index (χ1n) is 11.0. The van der Waals surface area contributed by atoms with Gasteiger partial charge in [-0.15, -0.1) is 5.10 Å². The van der Waals surface area contributed by atoms with Crippen molar-refractivity contribution in [2.45, 2.75) is 32.6 Å². The molecule has 0 aliphatic rings. The van der Waals surface area contributed by atoms with Gasteiger partial charge in [-0.3, -0.25) is 9.59 Å². The molecular weight excluding hydrogens is 450 g/mol. The first kappa shape index (κ1) is 22.2. The summed E-state index contributed by atoms with van der Waals surface area (Å²) in [5, 5.41) is 11.1. The van der Waals surface area contributed by atoms with Gasteiger partial charge in [0.1, 0.15) is 35.1 Å². The minimum absolute atomic E-state index is 0.0526. The maximum absolute atomic E-state index is 13.7. The number of benzene rings is 1. The Bertz CT molecular complexity index is 1420. The highest BCUT2D eigenvalue weighted by molar-refractivity contribution is 5.88. The number of nitrogens with zero attached hydrogens (tertiary/aromatic N) is 4. The molecule has 178 valence electrons. The van der Waals surface area contributed by atoms with Gasteiger partial charge < -0.3 is 23.5 Å². The number of carbonyl (C=O) groups excluding carboxylic acids is 2. The summed E-state index contributed by atoms with van der Waals surface area (Å²) in [5.41, 5.74) is 1.39. The van der Waals surface area contributed by atoms with Gasteiger partial charge in [0.2, 0.25) is 5.91 Å². The molecule has 10 heteroatoms. The van der Waals surface area contributed by atoms with E-state index in [-0.39, 0.29) is 25.5 Å². The Hall–Kier alpha value is -4.60. The van der Waals surface area contributed by atoms with Crippen LogP contribution in [-0.4, -0.2) is 31.7 Å². The molecule has 1 atom stereocenters. The first-order valence-corrected chi connectivity index (χ1v) is 11.0. The minimum Gasteiger partial charge on any atom is -0.467 e. The number of aryl methyl sites for hydroxylation is 1. The maximum Gasteiger partial charge on any atom is 0.251 e. The predicted molar refractivity (Wildman–Crippen MR) is 124 cm³/mol. The molecule has 0 fully saturated rings. The number of aromatic nitrogens is 3. The lowest BCUT2D eigenvalue weighted by Crippen LogP contribution is -2.44. The van der Waals surface area contributed by atoms with Crippen molar-refractivity contribution in [2.75, 3.05) is 0 Å². The Morgan fingerprint density at radius 2 is 1.77 bits per heavy atom. The smallest absolute Gasteiger partial charge is 0.251 e. The van der Waals surface area contributed by atoms with Crippen LogP contribution in [0.2, 0.25) is 0 Å². The lowest BCUT2D eigenvalue weighted by molar-refractivity contribution is -0.143. The first-order chi connectivity index (χ1) is 17.1. The monoisotopic (exact) mass is 473 g/mol. The maximum atomic E-state index is 13.7. The van der Waals surface area contributed by atoms with Gasteiger partial charge in [-0.25, -0.2) is 4.68 Å². The van der Waals surface area contributed by atoms with Crippen LogP contribution in [0.3, 0.4) is 0 Å². The second-order valence-electron chi connectivity index (χ2n) is 7.98. The third-order valence-electron chi connectivity index (χ3n) is 5.54. The van der Waals surface area contributed by atoms with E-state index in [2.05, 4.69) is 15.6 Å². The highest BCUT2D eigenvalue weighted by atomic mass is 16.3. The van der Waals surface area contributed by atoms with E-state index in [1.165, 1.54) is 22.1 Å². The van der Waals surface area contributed by atoms with Crippen LogP contribution in [0.4, 0.5) is 0 Å². The van der Waals surface area contributed by atoms with Gasteiger partial charge in [-0.05, 0) is 55.5 Å². The second-order valence-corrected chi connectivity index (χ2v) is 7.98. The molecule has 5 rings (SSSR count). The molecule has 5 aromatic rings. The topological polar surface area (TPSA) is 120 Å². The third-order valence-corrected chi connectivity index (χ3v) is 5.54. The molecule has 0 bridgehead atoms. The van der Waals surface area contributed by atoms with E-state index in [1.807, 2.05) is 24.3 Å². The van der Waals surface area contributed by atoms with Crippen LogP contribution in [0.25, 0.3) is 11.0 Å². The molecule has 4 aromatic heterocycles. The fraction of sp³-hybridized carbons (Fsp3) is 0.200. The molecule has 1 aromatic carbocycles. The fourth-order valence-electron chi connectivity index (χ4n) is 3.86. The summed E-state index contributed by atoms with van der Waals surface area (Å²) in [4.78, 5) is 28.6. The van der Waals surface area contributed by atoms with Gasteiger partial charge in [-0.1, -0.05) is 17.3 Å². The van der Waals surface area contributed by atoms with Crippen LogP contribution in [0.1, 0.15) is 29.1 Å². The normalized spacial score (nSPS) is 12.0. The molecule has 0 spiro atoms. The van der Waals surface area contributed by atoms with Crippen molar-refractivity contribution in [2.24, 2.45) is 0 Å². The minimum atomic E-state index is -1.05. The largest absolute Gasteiger partial charge is 0.467 e. The number of amides is 2. The van der Waals surface area contributed by atoms with E-state index < -0.39 is 11.9 Å². The average molecular weight is 473 g/mol. The van der Waals surface area contributed by atoms with Crippen molar-refractivity contribution in [1.82, 2.24) is 25.2 Å². The molecule has 0 unspecified atom stereocenters. The predicted octanol–water partition coefficient (Wildman–Crippen LogP) is 3.61. The standard InChI is InChI=1S/C25H23N5O5/c1-17-10-11-22(35-17)24(25(32)26-14-18-6-4-12-33-18)29(15-19-7-5-13-34-19)23(31)16-30-21-9-3-2-8-20(21)27-28-30/h2-13,24H,14-16H2,1H3,(H,26,32)/t24-/m0/s1. The van der Waals surface area contributed by atoms with E-state index in [1.54, 1.807) is 43.3 Å². The SMILES string of the molecule is Cc1ccc([C@@H](C(=O)NCc2ccco2)N(Cc2ccco2)C(=O)Cn2nnc3ccccc32)o1. The van der Waals surface area contributed by atoms with Crippen molar-refractivity contribution in [1.29, 1.82) is 0 Å². The number of furan rings is 3. The van der Waals surface area contributed by atoms with Gasteiger partial charge in [-0.2, -0.15) is 0 Å². The summed E-state index contributed by atoms with van der Waals surface area (Å²) in [7, 11) is 0. The average Bonchev–Trinajstić information content (AvgIpc) is 3.67. The lowest BCUT2D eigenvalue weighted by atomic mass is 10.1. The van der Waals surface area contributed by atoms with Crippen LogP contribution < -0.4 is 5.32 Å². The van der Waals surface area contributed by atoms with Gasteiger partial charge in [0.15, 0.2) is 6.04 Å². The zero-order valence-electron chi connectivity index (χ0n) is 19.0. The Kier molecular flexibility index (Phi) is 6.16. The Balaban J connectivity index is 1.47. The van der Waals surface area contributed by atoms with E-state index in [9.17, 15) is 9.59 Å². The van der Waals surface area contributed by atoms with Crippen molar-refractivity contribution in [3.8, 4) is 0 Å². The second kappa shape index (κ2) is 9.72. The van der Waals surface area contributed by atoms with Gasteiger partial charge in [0, 0.05) is 0 Å². The van der Waals surface area contributed by atoms with E-state index in [4.69, 9.17) is 13.3 Å². The molecule has 1 N–H and O–H groups in total. The number of fused-ring (bicyclic) bond motifs is 1. The molecule has 0 saturated heterocycles.